The van der Waals surface area contributed by atoms with Gasteiger partial charge in [-0.2, -0.15) is 0 Å². The molecule has 0 spiro atoms. The Bertz CT molecular complexity index is 665. The lowest BCUT2D eigenvalue weighted by Gasteiger charge is -2.44. The van der Waals surface area contributed by atoms with Crippen LogP contribution in [0.15, 0.2) is 48.5 Å². The summed E-state index contributed by atoms with van der Waals surface area (Å²) >= 11 is 0. The highest BCUT2D eigenvalue weighted by Crippen LogP contribution is 2.40. The fourth-order valence-electron chi connectivity index (χ4n) is 3.76. The summed E-state index contributed by atoms with van der Waals surface area (Å²) in [5, 5.41) is 13.3. The van der Waals surface area contributed by atoms with Crippen LogP contribution >= 0.6 is 24.8 Å². The molecule has 2 aromatic carbocycles. The van der Waals surface area contributed by atoms with E-state index in [1.165, 1.54) is 16.7 Å². The van der Waals surface area contributed by atoms with E-state index in [4.69, 9.17) is 0 Å². The Labute approximate surface area is 149 Å². The second-order valence-corrected chi connectivity index (χ2v) is 5.99. The number of phenolic OH excluding ortho intramolecular Hbond substituents is 1. The number of aromatic hydroxyl groups is 1. The molecule has 3 nitrogen and oxygen atoms in total. The second-order valence-electron chi connectivity index (χ2n) is 5.99. The number of phenols is 1. The van der Waals surface area contributed by atoms with E-state index in [2.05, 4.69) is 40.5 Å². The lowest BCUT2D eigenvalue weighted by atomic mass is 9.81. The van der Waals surface area contributed by atoms with Crippen molar-refractivity contribution < 1.29 is 5.11 Å². The van der Waals surface area contributed by atoms with E-state index >= 15 is 0 Å². The molecule has 0 aromatic heterocycles. The first-order chi connectivity index (χ1) is 10.3. The second kappa shape index (κ2) is 7.54. The summed E-state index contributed by atoms with van der Waals surface area (Å²) in [6, 6.07) is 17.0. The van der Waals surface area contributed by atoms with Crippen LogP contribution in [0.5, 0.6) is 5.75 Å². The van der Waals surface area contributed by atoms with E-state index in [1.807, 2.05) is 12.1 Å². The normalized spacial score (nSPS) is 23.0. The average molecular weight is 353 g/mol. The quantitative estimate of drug-likeness (QED) is 0.826. The van der Waals surface area contributed by atoms with Gasteiger partial charge in [-0.15, -0.1) is 24.8 Å². The van der Waals surface area contributed by atoms with Crippen molar-refractivity contribution in [1.82, 2.24) is 10.2 Å². The van der Waals surface area contributed by atoms with Crippen LogP contribution in [-0.2, 0) is 0 Å². The Morgan fingerprint density at radius 2 is 1.78 bits per heavy atom. The average Bonchev–Trinajstić information content (AvgIpc) is 2.54. The number of hydrogen-bond acceptors (Lipinski definition) is 3. The maximum atomic E-state index is 9.80. The molecule has 0 amide bonds. The van der Waals surface area contributed by atoms with Crippen molar-refractivity contribution in [2.24, 2.45) is 0 Å². The number of nitrogens with zero attached hydrogens (tertiary/aromatic N) is 1. The van der Waals surface area contributed by atoms with Crippen LogP contribution in [0.3, 0.4) is 0 Å². The monoisotopic (exact) mass is 352 g/mol. The van der Waals surface area contributed by atoms with E-state index in [1.54, 1.807) is 6.07 Å². The van der Waals surface area contributed by atoms with Crippen LogP contribution in [0, 0.1) is 0 Å². The van der Waals surface area contributed by atoms with Gasteiger partial charge in [0.2, 0.25) is 0 Å². The van der Waals surface area contributed by atoms with Crippen LogP contribution in [0.4, 0.5) is 0 Å². The molecule has 2 heterocycles. The summed E-state index contributed by atoms with van der Waals surface area (Å²) in [5.41, 5.74) is 4.05. The van der Waals surface area contributed by atoms with E-state index in [0.29, 0.717) is 17.7 Å². The summed E-state index contributed by atoms with van der Waals surface area (Å²) in [4.78, 5) is 2.58. The van der Waals surface area contributed by atoms with Crippen LogP contribution < -0.4 is 5.32 Å². The molecule has 0 bridgehead atoms. The number of piperazine rings is 1. The molecule has 1 fully saturated rings. The number of fused-ring (bicyclic) bond motifs is 3. The number of benzene rings is 2. The van der Waals surface area contributed by atoms with Gasteiger partial charge in [-0.1, -0.05) is 36.4 Å². The van der Waals surface area contributed by atoms with Gasteiger partial charge in [0.25, 0.3) is 0 Å². The summed E-state index contributed by atoms with van der Waals surface area (Å²) in [7, 11) is 0. The molecular formula is C18H22Cl2N2O. The fourth-order valence-corrected chi connectivity index (χ4v) is 3.76. The molecule has 23 heavy (non-hydrogen) atoms. The third kappa shape index (κ3) is 3.33. The smallest absolute Gasteiger partial charge is 0.115 e. The molecule has 2 atom stereocenters. The lowest BCUT2D eigenvalue weighted by Crippen LogP contribution is -2.50. The molecule has 2 aliphatic heterocycles. The Morgan fingerprint density at radius 3 is 2.57 bits per heavy atom. The van der Waals surface area contributed by atoms with Crippen molar-refractivity contribution in [3.8, 4) is 5.75 Å². The molecule has 0 unspecified atom stereocenters. The third-order valence-corrected chi connectivity index (χ3v) is 4.77. The first kappa shape index (κ1) is 18.1. The molecule has 124 valence electrons. The topological polar surface area (TPSA) is 35.5 Å². The van der Waals surface area contributed by atoms with E-state index in [-0.39, 0.29) is 24.8 Å². The van der Waals surface area contributed by atoms with Gasteiger partial charge in [-0.05, 0) is 28.8 Å². The van der Waals surface area contributed by atoms with Gasteiger partial charge >= 0.3 is 0 Å². The van der Waals surface area contributed by atoms with Gasteiger partial charge in [-0.25, -0.2) is 0 Å². The zero-order valence-corrected chi connectivity index (χ0v) is 14.4. The van der Waals surface area contributed by atoms with Crippen LogP contribution in [-0.4, -0.2) is 36.2 Å². The molecule has 0 aliphatic carbocycles. The standard InChI is InChI=1S/C18H20N2O.2ClH/c21-14-5-3-4-13(10-14)17-12-20-9-8-19-11-18(20)16-7-2-1-6-15(16)17;;/h1-7,10,17-19,21H,8-9,11-12H2;2*1H/t17-,18+;;/m0../s1. The summed E-state index contributed by atoms with van der Waals surface area (Å²) in [6.07, 6.45) is 0. The van der Waals surface area contributed by atoms with Gasteiger partial charge in [0.15, 0.2) is 0 Å². The lowest BCUT2D eigenvalue weighted by molar-refractivity contribution is 0.143. The number of hydrogen-bond donors (Lipinski definition) is 2. The zero-order chi connectivity index (χ0) is 14.2. The van der Waals surface area contributed by atoms with Crippen molar-refractivity contribution in [2.75, 3.05) is 26.2 Å². The highest BCUT2D eigenvalue weighted by molar-refractivity contribution is 5.85. The van der Waals surface area contributed by atoms with E-state index in [9.17, 15) is 5.11 Å². The van der Waals surface area contributed by atoms with Gasteiger partial charge in [0.1, 0.15) is 5.75 Å². The molecular weight excluding hydrogens is 331 g/mol. The minimum absolute atomic E-state index is 0. The molecule has 4 rings (SSSR count). The zero-order valence-electron chi connectivity index (χ0n) is 12.8. The van der Waals surface area contributed by atoms with E-state index in [0.717, 1.165) is 26.2 Å². The first-order valence-electron chi connectivity index (χ1n) is 7.65. The van der Waals surface area contributed by atoms with Gasteiger partial charge in [0, 0.05) is 38.1 Å². The molecule has 1 saturated heterocycles. The van der Waals surface area contributed by atoms with Crippen molar-refractivity contribution >= 4 is 24.8 Å². The summed E-state index contributed by atoms with van der Waals surface area (Å²) < 4.78 is 0. The van der Waals surface area contributed by atoms with Gasteiger partial charge in [0.05, 0.1) is 0 Å². The summed E-state index contributed by atoms with van der Waals surface area (Å²) in [5.74, 6) is 0.704. The Balaban J connectivity index is 0.000000960. The highest BCUT2D eigenvalue weighted by Gasteiger charge is 2.34. The first-order valence-corrected chi connectivity index (χ1v) is 7.65. The highest BCUT2D eigenvalue weighted by atomic mass is 35.5. The number of rotatable bonds is 1. The van der Waals surface area contributed by atoms with Crippen LogP contribution in [0.2, 0.25) is 0 Å². The van der Waals surface area contributed by atoms with Crippen molar-refractivity contribution in [3.63, 3.8) is 0 Å². The molecule has 5 heteroatoms. The van der Waals surface area contributed by atoms with Gasteiger partial charge < -0.3 is 10.4 Å². The predicted molar refractivity (Wildman–Crippen MR) is 98.1 cm³/mol. The molecule has 0 radical (unpaired) electrons. The van der Waals surface area contributed by atoms with Crippen molar-refractivity contribution in [3.05, 3.63) is 65.2 Å². The molecule has 2 aliphatic rings. The predicted octanol–water partition coefficient (Wildman–Crippen LogP) is 3.33. The van der Waals surface area contributed by atoms with E-state index < -0.39 is 0 Å². The maximum absolute atomic E-state index is 9.80. The number of nitrogens with one attached hydrogen (secondary N) is 1. The van der Waals surface area contributed by atoms with Crippen molar-refractivity contribution in [1.29, 1.82) is 0 Å². The fraction of sp³-hybridized carbons (Fsp3) is 0.333. The largest absolute Gasteiger partial charge is 0.508 e. The summed E-state index contributed by atoms with van der Waals surface area (Å²) in [6.45, 7) is 4.22. The van der Waals surface area contributed by atoms with Gasteiger partial charge in [-0.3, -0.25) is 4.90 Å². The van der Waals surface area contributed by atoms with Crippen molar-refractivity contribution in [2.45, 2.75) is 12.0 Å². The molecule has 0 saturated carbocycles. The third-order valence-electron chi connectivity index (χ3n) is 4.77. The minimum Gasteiger partial charge on any atom is -0.508 e. The van der Waals surface area contributed by atoms with Crippen LogP contribution in [0.25, 0.3) is 0 Å². The Morgan fingerprint density at radius 1 is 1.00 bits per heavy atom. The van der Waals surface area contributed by atoms with Crippen LogP contribution in [0.1, 0.15) is 28.7 Å². The Hall–Kier alpha value is -1.26. The Kier molecular flexibility index (Phi) is 5.93. The minimum atomic E-state index is 0. The molecule has 2 aromatic rings. The number of halogens is 2. The SMILES string of the molecule is Cl.Cl.Oc1cccc([C@@H]2CN3CCNC[C@@H]3c3ccccc32)c1. The molecule has 2 N–H and O–H groups in total. The maximum Gasteiger partial charge on any atom is 0.115 e.